The second kappa shape index (κ2) is 6.07. The molecule has 7 heteroatoms. The maximum absolute atomic E-state index is 13.2. The smallest absolute Gasteiger partial charge is 0.241 e. The number of benzene rings is 1. The van der Waals surface area contributed by atoms with Crippen LogP contribution < -0.4 is 0 Å². The second-order valence-electron chi connectivity index (χ2n) is 4.91. The fourth-order valence-corrected chi connectivity index (χ4v) is 2.06. The topological polar surface area (TPSA) is 55.3 Å². The number of halogens is 2. The summed E-state index contributed by atoms with van der Waals surface area (Å²) in [6.07, 6.45) is 1.53. The minimum absolute atomic E-state index is 0.376. The van der Waals surface area contributed by atoms with Gasteiger partial charge in [0.15, 0.2) is 17.4 Å². The standard InChI is InChI=1S/C15H13F2N3O2/c1-20(8-10-4-5-11(16)12(17)7-10)9-14-18-15(19-22-14)13-3-2-6-21-13/h2-7H,8-9H2,1H3. The monoisotopic (exact) mass is 305 g/mol. The average molecular weight is 305 g/mol. The third-order valence-corrected chi connectivity index (χ3v) is 3.05. The number of hydrogen-bond donors (Lipinski definition) is 0. The highest BCUT2D eigenvalue weighted by Gasteiger charge is 2.13. The van der Waals surface area contributed by atoms with Gasteiger partial charge in [-0.05, 0) is 36.9 Å². The SMILES string of the molecule is CN(Cc1ccc(F)c(F)c1)Cc1nc(-c2ccco2)no1. The number of hydrogen-bond acceptors (Lipinski definition) is 5. The molecular formula is C15H13F2N3O2. The Morgan fingerprint density at radius 3 is 2.73 bits per heavy atom. The molecule has 0 atom stereocenters. The quantitative estimate of drug-likeness (QED) is 0.724. The summed E-state index contributed by atoms with van der Waals surface area (Å²) in [5.74, 6) is -0.397. The first-order valence-electron chi connectivity index (χ1n) is 6.61. The molecule has 114 valence electrons. The van der Waals surface area contributed by atoms with Crippen LogP contribution in [0.3, 0.4) is 0 Å². The molecular weight excluding hydrogens is 292 g/mol. The highest BCUT2D eigenvalue weighted by Crippen LogP contribution is 2.17. The number of aromatic nitrogens is 2. The normalized spacial score (nSPS) is 11.3. The molecule has 0 saturated heterocycles. The van der Waals surface area contributed by atoms with Gasteiger partial charge in [-0.15, -0.1) is 0 Å². The Morgan fingerprint density at radius 2 is 2.00 bits per heavy atom. The van der Waals surface area contributed by atoms with Gasteiger partial charge in [-0.3, -0.25) is 4.90 Å². The van der Waals surface area contributed by atoms with E-state index in [-0.39, 0.29) is 0 Å². The average Bonchev–Trinajstić information content (AvgIpc) is 3.13. The van der Waals surface area contributed by atoms with Crippen molar-refractivity contribution in [2.24, 2.45) is 0 Å². The Bertz CT molecular complexity index is 756. The van der Waals surface area contributed by atoms with Gasteiger partial charge in [0.1, 0.15) is 0 Å². The first-order valence-corrected chi connectivity index (χ1v) is 6.61. The van der Waals surface area contributed by atoms with E-state index in [1.807, 2.05) is 11.9 Å². The van der Waals surface area contributed by atoms with E-state index in [4.69, 9.17) is 8.94 Å². The van der Waals surface area contributed by atoms with Crippen molar-refractivity contribution in [3.05, 3.63) is 59.7 Å². The number of rotatable bonds is 5. The lowest BCUT2D eigenvalue weighted by Crippen LogP contribution is -2.17. The van der Waals surface area contributed by atoms with Crippen LogP contribution in [0.15, 0.2) is 45.5 Å². The molecule has 2 heterocycles. The summed E-state index contributed by atoms with van der Waals surface area (Å²) in [6.45, 7) is 0.808. The third kappa shape index (κ3) is 3.20. The first kappa shape index (κ1) is 14.4. The van der Waals surface area contributed by atoms with Crippen molar-refractivity contribution in [2.45, 2.75) is 13.1 Å². The maximum Gasteiger partial charge on any atom is 0.241 e. The first-order chi connectivity index (χ1) is 10.6. The van der Waals surface area contributed by atoms with Gasteiger partial charge in [-0.1, -0.05) is 11.2 Å². The van der Waals surface area contributed by atoms with Crippen molar-refractivity contribution in [3.8, 4) is 11.6 Å². The Balaban J connectivity index is 1.64. The molecule has 0 fully saturated rings. The van der Waals surface area contributed by atoms with Gasteiger partial charge in [-0.25, -0.2) is 8.78 Å². The van der Waals surface area contributed by atoms with E-state index in [0.717, 1.165) is 6.07 Å². The molecule has 3 aromatic rings. The summed E-state index contributed by atoms with van der Waals surface area (Å²) < 4.78 is 36.4. The van der Waals surface area contributed by atoms with E-state index in [1.165, 1.54) is 18.4 Å². The fourth-order valence-electron chi connectivity index (χ4n) is 2.06. The molecule has 0 N–H and O–H groups in total. The zero-order valence-electron chi connectivity index (χ0n) is 11.8. The van der Waals surface area contributed by atoms with E-state index in [2.05, 4.69) is 10.1 Å². The zero-order valence-corrected chi connectivity index (χ0v) is 11.8. The van der Waals surface area contributed by atoms with Crippen LogP contribution in [0.2, 0.25) is 0 Å². The van der Waals surface area contributed by atoms with E-state index in [0.29, 0.717) is 36.1 Å². The van der Waals surface area contributed by atoms with Crippen LogP contribution >= 0.6 is 0 Å². The molecule has 0 amide bonds. The maximum atomic E-state index is 13.2. The van der Waals surface area contributed by atoms with Crippen LogP contribution in [0.25, 0.3) is 11.6 Å². The Labute approximate surface area is 125 Å². The second-order valence-corrected chi connectivity index (χ2v) is 4.91. The van der Waals surface area contributed by atoms with E-state index < -0.39 is 11.6 Å². The van der Waals surface area contributed by atoms with Gasteiger partial charge < -0.3 is 8.94 Å². The summed E-state index contributed by atoms with van der Waals surface area (Å²) in [4.78, 5) is 6.07. The predicted molar refractivity (Wildman–Crippen MR) is 73.5 cm³/mol. The van der Waals surface area contributed by atoms with Gasteiger partial charge in [0.2, 0.25) is 11.7 Å². The molecule has 0 aliphatic rings. The van der Waals surface area contributed by atoms with Gasteiger partial charge in [0.25, 0.3) is 0 Å². The van der Waals surface area contributed by atoms with Crippen LogP contribution in [0.4, 0.5) is 8.78 Å². The predicted octanol–water partition coefficient (Wildman–Crippen LogP) is 3.24. The van der Waals surface area contributed by atoms with Crippen molar-refractivity contribution < 1.29 is 17.7 Å². The largest absolute Gasteiger partial charge is 0.461 e. The van der Waals surface area contributed by atoms with Gasteiger partial charge >= 0.3 is 0 Å². The zero-order chi connectivity index (χ0) is 15.5. The van der Waals surface area contributed by atoms with E-state index >= 15 is 0 Å². The van der Waals surface area contributed by atoms with Crippen LogP contribution in [-0.2, 0) is 13.1 Å². The van der Waals surface area contributed by atoms with Crippen molar-refractivity contribution in [1.29, 1.82) is 0 Å². The van der Waals surface area contributed by atoms with Crippen molar-refractivity contribution in [2.75, 3.05) is 7.05 Å². The Kier molecular flexibility index (Phi) is 3.97. The summed E-state index contributed by atoms with van der Waals surface area (Å²) in [5, 5.41) is 3.83. The van der Waals surface area contributed by atoms with Crippen LogP contribution in [0.5, 0.6) is 0 Å². The molecule has 0 unspecified atom stereocenters. The minimum Gasteiger partial charge on any atom is -0.461 e. The fraction of sp³-hybridized carbons (Fsp3) is 0.200. The van der Waals surface area contributed by atoms with Crippen LogP contribution in [-0.4, -0.2) is 22.1 Å². The van der Waals surface area contributed by atoms with Gasteiger partial charge in [0, 0.05) is 6.54 Å². The molecule has 3 rings (SSSR count). The third-order valence-electron chi connectivity index (χ3n) is 3.05. The number of furan rings is 1. The van der Waals surface area contributed by atoms with Crippen LogP contribution in [0.1, 0.15) is 11.5 Å². The number of nitrogens with zero attached hydrogens (tertiary/aromatic N) is 3. The molecule has 5 nitrogen and oxygen atoms in total. The molecule has 0 aliphatic heterocycles. The minimum atomic E-state index is -0.858. The highest BCUT2D eigenvalue weighted by atomic mass is 19.2. The molecule has 0 aliphatic carbocycles. The Hall–Kier alpha value is -2.54. The van der Waals surface area contributed by atoms with Crippen molar-refractivity contribution in [3.63, 3.8) is 0 Å². The van der Waals surface area contributed by atoms with Crippen molar-refractivity contribution in [1.82, 2.24) is 15.0 Å². The highest BCUT2D eigenvalue weighted by molar-refractivity contribution is 5.44. The lowest BCUT2D eigenvalue weighted by molar-refractivity contribution is 0.260. The van der Waals surface area contributed by atoms with E-state index in [1.54, 1.807) is 12.1 Å². The lowest BCUT2D eigenvalue weighted by Gasteiger charge is -2.14. The van der Waals surface area contributed by atoms with E-state index in [9.17, 15) is 8.78 Å². The molecule has 2 aromatic heterocycles. The summed E-state index contributed by atoms with van der Waals surface area (Å²) in [7, 11) is 1.82. The van der Waals surface area contributed by atoms with Crippen LogP contribution in [0, 0.1) is 11.6 Å². The van der Waals surface area contributed by atoms with Gasteiger partial charge in [-0.2, -0.15) is 4.98 Å². The molecule has 0 saturated carbocycles. The summed E-state index contributed by atoms with van der Waals surface area (Å²) in [5.41, 5.74) is 0.659. The van der Waals surface area contributed by atoms with Crippen molar-refractivity contribution >= 4 is 0 Å². The molecule has 0 bridgehead atoms. The summed E-state index contributed by atoms with van der Waals surface area (Å²) >= 11 is 0. The lowest BCUT2D eigenvalue weighted by atomic mass is 10.2. The molecule has 0 radical (unpaired) electrons. The summed E-state index contributed by atoms with van der Waals surface area (Å²) in [6, 6.07) is 7.30. The van der Waals surface area contributed by atoms with Gasteiger partial charge in [0.05, 0.1) is 12.8 Å². The molecule has 1 aromatic carbocycles. The molecule has 22 heavy (non-hydrogen) atoms. The molecule has 0 spiro atoms. The Morgan fingerprint density at radius 1 is 1.14 bits per heavy atom.